The number of aromatic nitrogens is 2. The van der Waals surface area contributed by atoms with Gasteiger partial charge in [-0.15, -0.1) is 11.3 Å². The van der Waals surface area contributed by atoms with Crippen LogP contribution in [0.2, 0.25) is 0 Å². The van der Waals surface area contributed by atoms with Crippen molar-refractivity contribution >= 4 is 22.2 Å². The van der Waals surface area contributed by atoms with Gasteiger partial charge in [-0.1, -0.05) is 13.3 Å². The molecule has 2 rings (SSSR count). The molecule has 0 saturated carbocycles. The summed E-state index contributed by atoms with van der Waals surface area (Å²) in [6, 6.07) is 0.0603. The molecule has 1 atom stereocenters. The van der Waals surface area contributed by atoms with Gasteiger partial charge in [-0.3, -0.25) is 14.0 Å². The molecule has 0 saturated heterocycles. The molecule has 0 aromatic carbocycles. The van der Waals surface area contributed by atoms with Gasteiger partial charge in [0.2, 0.25) is 0 Å². The van der Waals surface area contributed by atoms with Crippen LogP contribution in [0.15, 0.2) is 22.6 Å². The lowest BCUT2D eigenvalue weighted by atomic mass is 10.2. The Bertz CT molecular complexity index is 617. The van der Waals surface area contributed by atoms with Gasteiger partial charge in [-0.2, -0.15) is 0 Å². The molecule has 0 spiro atoms. The second-order valence-electron chi connectivity index (χ2n) is 4.20. The Morgan fingerprint density at radius 1 is 1.61 bits per heavy atom. The summed E-state index contributed by atoms with van der Waals surface area (Å²) in [4.78, 5) is 28.7. The normalized spacial score (nSPS) is 12.6. The molecule has 18 heavy (non-hydrogen) atoms. The Hall–Kier alpha value is -1.69. The van der Waals surface area contributed by atoms with E-state index in [0.29, 0.717) is 4.96 Å². The minimum absolute atomic E-state index is 0.0603. The molecule has 6 heteroatoms. The molecule has 0 fully saturated rings. The summed E-state index contributed by atoms with van der Waals surface area (Å²) in [5, 5.41) is 4.57. The Morgan fingerprint density at radius 3 is 3.11 bits per heavy atom. The molecule has 2 aromatic rings. The number of hydrogen-bond acceptors (Lipinski definition) is 4. The van der Waals surface area contributed by atoms with Crippen molar-refractivity contribution < 1.29 is 4.79 Å². The number of amides is 1. The van der Waals surface area contributed by atoms with E-state index in [4.69, 9.17) is 0 Å². The van der Waals surface area contributed by atoms with Crippen LogP contribution in [0.5, 0.6) is 0 Å². The molecule has 0 aliphatic rings. The van der Waals surface area contributed by atoms with Crippen LogP contribution in [0.1, 0.15) is 37.0 Å². The Labute approximate surface area is 108 Å². The van der Waals surface area contributed by atoms with Gasteiger partial charge in [0, 0.05) is 23.8 Å². The van der Waals surface area contributed by atoms with E-state index >= 15 is 0 Å². The first-order valence-electron chi connectivity index (χ1n) is 5.89. The topological polar surface area (TPSA) is 63.5 Å². The van der Waals surface area contributed by atoms with Gasteiger partial charge in [0.05, 0.1) is 0 Å². The lowest BCUT2D eigenvalue weighted by Crippen LogP contribution is -2.36. The van der Waals surface area contributed by atoms with Crippen molar-refractivity contribution in [2.75, 3.05) is 0 Å². The van der Waals surface area contributed by atoms with E-state index in [1.54, 1.807) is 11.6 Å². The maximum atomic E-state index is 12.0. The first-order valence-corrected chi connectivity index (χ1v) is 6.77. The van der Waals surface area contributed by atoms with Gasteiger partial charge in [-0.25, -0.2) is 4.98 Å². The molecule has 2 heterocycles. The van der Waals surface area contributed by atoms with Crippen LogP contribution in [0.25, 0.3) is 4.96 Å². The van der Waals surface area contributed by atoms with E-state index < -0.39 is 0 Å². The van der Waals surface area contributed by atoms with Crippen LogP contribution < -0.4 is 10.9 Å². The second kappa shape index (κ2) is 5.30. The highest BCUT2D eigenvalue weighted by Crippen LogP contribution is 2.06. The number of rotatable bonds is 4. The van der Waals surface area contributed by atoms with Gasteiger partial charge in [0.1, 0.15) is 5.56 Å². The average molecular weight is 265 g/mol. The zero-order chi connectivity index (χ0) is 13.1. The van der Waals surface area contributed by atoms with E-state index in [9.17, 15) is 9.59 Å². The van der Waals surface area contributed by atoms with Crippen molar-refractivity contribution in [1.82, 2.24) is 14.7 Å². The Kier molecular flexibility index (Phi) is 3.76. The van der Waals surface area contributed by atoms with Crippen molar-refractivity contribution in [3.05, 3.63) is 33.7 Å². The van der Waals surface area contributed by atoms with Gasteiger partial charge < -0.3 is 5.32 Å². The zero-order valence-electron chi connectivity index (χ0n) is 10.3. The minimum atomic E-state index is -0.353. The number of thiazole rings is 1. The third-order valence-electron chi connectivity index (χ3n) is 2.69. The fourth-order valence-corrected chi connectivity index (χ4v) is 2.46. The van der Waals surface area contributed by atoms with Gasteiger partial charge in [0.15, 0.2) is 4.96 Å². The number of hydrogen-bond donors (Lipinski definition) is 1. The summed E-state index contributed by atoms with van der Waals surface area (Å²) in [5.41, 5.74) is -0.226. The van der Waals surface area contributed by atoms with E-state index in [-0.39, 0.29) is 23.1 Å². The lowest BCUT2D eigenvalue weighted by molar-refractivity contribution is 0.0936. The monoisotopic (exact) mass is 265 g/mol. The van der Waals surface area contributed by atoms with Gasteiger partial charge >= 0.3 is 0 Å². The summed E-state index contributed by atoms with van der Waals surface area (Å²) < 4.78 is 1.39. The minimum Gasteiger partial charge on any atom is -0.349 e. The molecule has 0 unspecified atom stereocenters. The summed E-state index contributed by atoms with van der Waals surface area (Å²) in [6.45, 7) is 3.98. The number of nitrogens with zero attached hydrogens (tertiary/aromatic N) is 2. The lowest BCUT2D eigenvalue weighted by Gasteiger charge is -2.12. The molecule has 0 bridgehead atoms. The van der Waals surface area contributed by atoms with Crippen molar-refractivity contribution in [1.29, 1.82) is 0 Å². The van der Waals surface area contributed by atoms with Crippen LogP contribution in [-0.4, -0.2) is 21.3 Å². The summed E-state index contributed by atoms with van der Waals surface area (Å²) in [6.07, 6.45) is 4.85. The van der Waals surface area contributed by atoms with Gasteiger partial charge in [-0.05, 0) is 13.3 Å². The van der Waals surface area contributed by atoms with E-state index in [1.807, 2.05) is 6.92 Å². The smallest absolute Gasteiger partial charge is 0.271 e. The van der Waals surface area contributed by atoms with Crippen molar-refractivity contribution in [2.24, 2.45) is 0 Å². The highest BCUT2D eigenvalue weighted by Gasteiger charge is 2.15. The van der Waals surface area contributed by atoms with Crippen LogP contribution in [0.4, 0.5) is 0 Å². The molecule has 96 valence electrons. The van der Waals surface area contributed by atoms with Crippen LogP contribution in [0, 0.1) is 0 Å². The van der Waals surface area contributed by atoms with Crippen LogP contribution >= 0.6 is 11.3 Å². The van der Waals surface area contributed by atoms with Crippen molar-refractivity contribution in [2.45, 2.75) is 32.7 Å². The van der Waals surface area contributed by atoms with E-state index in [1.165, 1.54) is 21.9 Å². The van der Waals surface area contributed by atoms with E-state index in [2.05, 4.69) is 17.2 Å². The first-order chi connectivity index (χ1) is 8.63. The zero-order valence-corrected chi connectivity index (χ0v) is 11.2. The molecule has 0 aliphatic carbocycles. The standard InChI is InChI=1S/C12H15N3O2S/c1-3-4-8(2)14-10(16)9-7-13-12-15(11(9)17)5-6-18-12/h5-8H,3-4H2,1-2H3,(H,14,16)/t8-/m0/s1. The second-order valence-corrected chi connectivity index (χ2v) is 5.07. The van der Waals surface area contributed by atoms with E-state index in [0.717, 1.165) is 12.8 Å². The van der Waals surface area contributed by atoms with Crippen LogP contribution in [-0.2, 0) is 0 Å². The Morgan fingerprint density at radius 2 is 2.39 bits per heavy atom. The number of fused-ring (bicyclic) bond motifs is 1. The predicted molar refractivity (Wildman–Crippen MR) is 71.2 cm³/mol. The third-order valence-corrected chi connectivity index (χ3v) is 3.46. The molecule has 1 amide bonds. The predicted octanol–water partition coefficient (Wildman–Crippen LogP) is 1.67. The molecular weight excluding hydrogens is 250 g/mol. The molecule has 2 aromatic heterocycles. The number of carbonyl (C=O) groups excluding carboxylic acids is 1. The van der Waals surface area contributed by atoms with Crippen molar-refractivity contribution in [3.8, 4) is 0 Å². The molecule has 5 nitrogen and oxygen atoms in total. The highest BCUT2D eigenvalue weighted by molar-refractivity contribution is 7.15. The Balaban J connectivity index is 2.28. The fraction of sp³-hybridized carbons (Fsp3) is 0.417. The number of nitrogens with one attached hydrogen (secondary N) is 1. The van der Waals surface area contributed by atoms with Crippen molar-refractivity contribution in [3.63, 3.8) is 0 Å². The summed E-state index contributed by atoms with van der Waals surface area (Å²) in [5.74, 6) is -0.353. The quantitative estimate of drug-likeness (QED) is 0.914. The SMILES string of the molecule is CCC[C@H](C)NC(=O)c1cnc2sccn2c1=O. The maximum Gasteiger partial charge on any atom is 0.271 e. The summed E-state index contributed by atoms with van der Waals surface area (Å²) >= 11 is 1.36. The molecular formula is C12H15N3O2S. The third kappa shape index (κ3) is 2.43. The summed E-state index contributed by atoms with van der Waals surface area (Å²) in [7, 11) is 0. The fourth-order valence-electron chi connectivity index (χ4n) is 1.79. The average Bonchev–Trinajstić information content (AvgIpc) is 2.78. The molecule has 0 radical (unpaired) electrons. The van der Waals surface area contributed by atoms with Gasteiger partial charge in [0.25, 0.3) is 11.5 Å². The first kappa shape index (κ1) is 12.8. The highest BCUT2D eigenvalue weighted by atomic mass is 32.1. The maximum absolute atomic E-state index is 12.0. The van der Waals surface area contributed by atoms with Crippen LogP contribution in [0.3, 0.4) is 0 Å². The molecule has 0 aliphatic heterocycles. The molecule has 1 N–H and O–H groups in total. The largest absolute Gasteiger partial charge is 0.349 e. The number of carbonyl (C=O) groups is 1.